The Balaban J connectivity index is 1.51. The Hall–Kier alpha value is -3.15. The summed E-state index contributed by atoms with van der Waals surface area (Å²) in [5, 5.41) is 2.98. The number of carbonyl (C=O) groups excluding carboxylic acids is 1. The number of anilines is 1. The zero-order valence-corrected chi connectivity index (χ0v) is 14.9. The van der Waals surface area contributed by atoms with Crippen LogP contribution in [0.1, 0.15) is 23.7 Å². The molecule has 26 heavy (non-hydrogen) atoms. The fraction of sp³-hybridized carbons (Fsp3) is 0.250. The van der Waals surface area contributed by atoms with E-state index >= 15 is 0 Å². The van der Waals surface area contributed by atoms with E-state index in [2.05, 4.69) is 39.2 Å². The minimum atomic E-state index is -0.0866. The lowest BCUT2D eigenvalue weighted by atomic mass is 10.2. The number of hydrogen-bond donors (Lipinski definition) is 1. The highest BCUT2D eigenvalue weighted by Crippen LogP contribution is 2.13. The third-order valence-electron chi connectivity index (χ3n) is 4.17. The predicted molar refractivity (Wildman–Crippen MR) is 103 cm³/mol. The standard InChI is InChI=1S/C20H23N5O/c1-2-24(18-7-4-3-5-8-18)13-6-10-23-20(26)17-9-11-22-19(15-17)25-14-12-21-16-25/h3-5,7-9,11-12,14-16H,2,6,10,13H2,1H3,(H,23,26). The third-order valence-corrected chi connectivity index (χ3v) is 4.17. The number of aromatic nitrogens is 3. The van der Waals surface area contributed by atoms with Gasteiger partial charge in [-0.2, -0.15) is 0 Å². The van der Waals surface area contributed by atoms with Crippen LogP contribution in [0.5, 0.6) is 0 Å². The fourth-order valence-electron chi connectivity index (χ4n) is 2.78. The molecule has 1 amide bonds. The normalized spacial score (nSPS) is 10.5. The van der Waals surface area contributed by atoms with Gasteiger partial charge in [0.05, 0.1) is 0 Å². The lowest BCUT2D eigenvalue weighted by Crippen LogP contribution is -2.30. The third kappa shape index (κ3) is 4.47. The number of nitrogens with one attached hydrogen (secondary N) is 1. The topological polar surface area (TPSA) is 63.1 Å². The Kier molecular flexibility index (Phi) is 5.98. The Morgan fingerprint density at radius 3 is 2.77 bits per heavy atom. The van der Waals surface area contributed by atoms with Crippen LogP contribution in [0.15, 0.2) is 67.4 Å². The smallest absolute Gasteiger partial charge is 0.251 e. The summed E-state index contributed by atoms with van der Waals surface area (Å²) in [5.41, 5.74) is 1.81. The van der Waals surface area contributed by atoms with Crippen LogP contribution in [-0.2, 0) is 0 Å². The molecule has 2 aromatic heterocycles. The van der Waals surface area contributed by atoms with Gasteiger partial charge in [-0.1, -0.05) is 18.2 Å². The van der Waals surface area contributed by atoms with Gasteiger partial charge in [-0.05, 0) is 37.6 Å². The Bertz CT molecular complexity index is 817. The van der Waals surface area contributed by atoms with Crippen molar-refractivity contribution in [3.8, 4) is 5.82 Å². The van der Waals surface area contributed by atoms with Crippen molar-refractivity contribution >= 4 is 11.6 Å². The Labute approximate surface area is 153 Å². The van der Waals surface area contributed by atoms with Crippen molar-refractivity contribution in [2.75, 3.05) is 24.5 Å². The first-order valence-corrected chi connectivity index (χ1v) is 8.80. The highest BCUT2D eigenvalue weighted by molar-refractivity contribution is 5.94. The van der Waals surface area contributed by atoms with E-state index in [1.54, 1.807) is 41.6 Å². The van der Waals surface area contributed by atoms with E-state index in [4.69, 9.17) is 0 Å². The maximum absolute atomic E-state index is 12.4. The summed E-state index contributed by atoms with van der Waals surface area (Å²) in [6.07, 6.45) is 7.66. The second kappa shape index (κ2) is 8.80. The van der Waals surface area contributed by atoms with Gasteiger partial charge in [0.1, 0.15) is 12.1 Å². The molecule has 0 aliphatic rings. The molecular formula is C20H23N5O. The van der Waals surface area contributed by atoms with E-state index in [1.807, 2.05) is 18.2 Å². The van der Waals surface area contributed by atoms with Gasteiger partial charge in [-0.3, -0.25) is 9.36 Å². The summed E-state index contributed by atoms with van der Waals surface area (Å²) in [5.74, 6) is 0.591. The monoisotopic (exact) mass is 349 g/mol. The summed E-state index contributed by atoms with van der Waals surface area (Å²) in [4.78, 5) is 22.9. The van der Waals surface area contributed by atoms with Crippen molar-refractivity contribution in [1.29, 1.82) is 0 Å². The van der Waals surface area contributed by atoms with Gasteiger partial charge in [-0.15, -0.1) is 0 Å². The van der Waals surface area contributed by atoms with Crippen LogP contribution in [0.25, 0.3) is 5.82 Å². The van der Waals surface area contributed by atoms with Crippen molar-refractivity contribution < 1.29 is 4.79 Å². The van der Waals surface area contributed by atoms with Crippen LogP contribution >= 0.6 is 0 Å². The van der Waals surface area contributed by atoms with Crippen LogP contribution in [0.4, 0.5) is 5.69 Å². The molecule has 0 fully saturated rings. The average molecular weight is 349 g/mol. The molecule has 0 atom stereocenters. The second-order valence-corrected chi connectivity index (χ2v) is 5.90. The molecule has 0 saturated heterocycles. The van der Waals surface area contributed by atoms with Gasteiger partial charge in [-0.25, -0.2) is 9.97 Å². The predicted octanol–water partition coefficient (Wildman–Crippen LogP) is 2.91. The zero-order chi connectivity index (χ0) is 18.2. The van der Waals surface area contributed by atoms with Gasteiger partial charge < -0.3 is 10.2 Å². The lowest BCUT2D eigenvalue weighted by Gasteiger charge is -2.23. The average Bonchev–Trinajstić information content (AvgIpc) is 3.23. The van der Waals surface area contributed by atoms with E-state index in [1.165, 1.54) is 5.69 Å². The number of para-hydroxylation sites is 1. The summed E-state index contributed by atoms with van der Waals surface area (Å²) in [7, 11) is 0. The molecule has 0 unspecified atom stereocenters. The van der Waals surface area contributed by atoms with Crippen molar-refractivity contribution in [3.63, 3.8) is 0 Å². The van der Waals surface area contributed by atoms with E-state index in [0.717, 1.165) is 19.5 Å². The quantitative estimate of drug-likeness (QED) is 0.635. The van der Waals surface area contributed by atoms with Crippen molar-refractivity contribution in [2.45, 2.75) is 13.3 Å². The number of nitrogens with zero attached hydrogens (tertiary/aromatic N) is 4. The van der Waals surface area contributed by atoms with E-state index in [9.17, 15) is 4.79 Å². The molecule has 3 aromatic rings. The van der Waals surface area contributed by atoms with Crippen molar-refractivity contribution in [2.24, 2.45) is 0 Å². The highest BCUT2D eigenvalue weighted by Gasteiger charge is 2.08. The van der Waals surface area contributed by atoms with Gasteiger partial charge >= 0.3 is 0 Å². The molecule has 0 spiro atoms. The summed E-state index contributed by atoms with van der Waals surface area (Å²) in [6.45, 7) is 4.61. The first-order chi connectivity index (χ1) is 12.8. The minimum absolute atomic E-state index is 0.0866. The maximum atomic E-state index is 12.4. The van der Waals surface area contributed by atoms with Gasteiger partial charge in [0.2, 0.25) is 0 Å². The maximum Gasteiger partial charge on any atom is 0.251 e. The number of amides is 1. The molecule has 2 heterocycles. The van der Waals surface area contributed by atoms with Crippen molar-refractivity contribution in [3.05, 3.63) is 72.9 Å². The van der Waals surface area contributed by atoms with Crippen LogP contribution in [0, 0.1) is 0 Å². The lowest BCUT2D eigenvalue weighted by molar-refractivity contribution is 0.0953. The molecular weight excluding hydrogens is 326 g/mol. The van der Waals surface area contributed by atoms with Crippen LogP contribution in [0.3, 0.4) is 0 Å². The second-order valence-electron chi connectivity index (χ2n) is 5.90. The number of imidazole rings is 1. The van der Waals surface area contributed by atoms with Crippen LogP contribution in [-0.4, -0.2) is 40.1 Å². The molecule has 1 aromatic carbocycles. The molecule has 134 valence electrons. The molecule has 0 saturated carbocycles. The first-order valence-electron chi connectivity index (χ1n) is 8.80. The van der Waals surface area contributed by atoms with E-state index < -0.39 is 0 Å². The number of pyridine rings is 1. The van der Waals surface area contributed by atoms with E-state index in [-0.39, 0.29) is 5.91 Å². The van der Waals surface area contributed by atoms with Gasteiger partial charge in [0, 0.05) is 49.5 Å². The highest BCUT2D eigenvalue weighted by atomic mass is 16.1. The van der Waals surface area contributed by atoms with Crippen LogP contribution in [0.2, 0.25) is 0 Å². The fourth-order valence-corrected chi connectivity index (χ4v) is 2.78. The molecule has 6 nitrogen and oxygen atoms in total. The molecule has 6 heteroatoms. The van der Waals surface area contributed by atoms with E-state index in [0.29, 0.717) is 17.9 Å². The molecule has 1 N–H and O–H groups in total. The van der Waals surface area contributed by atoms with Gasteiger partial charge in [0.15, 0.2) is 0 Å². The molecule has 3 rings (SSSR count). The molecule has 0 aliphatic carbocycles. The summed E-state index contributed by atoms with van der Waals surface area (Å²) in [6, 6.07) is 13.8. The van der Waals surface area contributed by atoms with Crippen LogP contribution < -0.4 is 10.2 Å². The number of carbonyl (C=O) groups is 1. The zero-order valence-electron chi connectivity index (χ0n) is 14.9. The van der Waals surface area contributed by atoms with Crippen molar-refractivity contribution in [1.82, 2.24) is 19.9 Å². The number of benzene rings is 1. The summed E-state index contributed by atoms with van der Waals surface area (Å²) < 4.78 is 1.77. The number of hydrogen-bond acceptors (Lipinski definition) is 4. The Morgan fingerprint density at radius 2 is 2.04 bits per heavy atom. The number of rotatable bonds is 8. The minimum Gasteiger partial charge on any atom is -0.372 e. The molecule has 0 radical (unpaired) electrons. The molecule has 0 aliphatic heterocycles. The van der Waals surface area contributed by atoms with Gasteiger partial charge in [0.25, 0.3) is 5.91 Å². The SMILES string of the molecule is CCN(CCCNC(=O)c1ccnc(-n2ccnc2)c1)c1ccccc1. The first kappa shape index (κ1) is 17.7. The Morgan fingerprint density at radius 1 is 1.19 bits per heavy atom. The summed E-state index contributed by atoms with van der Waals surface area (Å²) >= 11 is 0. The molecule has 0 bridgehead atoms. The largest absolute Gasteiger partial charge is 0.372 e.